The second-order valence-electron chi connectivity index (χ2n) is 4.99. The Morgan fingerprint density at radius 3 is 2.76 bits per heavy atom. The zero-order valence-corrected chi connectivity index (χ0v) is 13.2. The number of primary amides is 1. The number of ether oxygens (including phenoxy) is 1. The van der Waals surface area contributed by atoms with Crippen molar-refractivity contribution in [1.29, 1.82) is 0 Å². The molecule has 0 spiro atoms. The van der Waals surface area contributed by atoms with Gasteiger partial charge in [0.25, 0.3) is 5.91 Å². The SMILES string of the molecule is CCOC(=O)Cn1c(=O)[nH]c2c(C(N)=O)nc(-c3ccccn3)nc21. The van der Waals surface area contributed by atoms with Crippen LogP contribution in [0.2, 0.25) is 0 Å². The fourth-order valence-electron chi connectivity index (χ4n) is 2.30. The first kappa shape index (κ1) is 16.3. The van der Waals surface area contributed by atoms with E-state index >= 15 is 0 Å². The molecule has 0 atom stereocenters. The number of rotatable bonds is 5. The van der Waals surface area contributed by atoms with E-state index in [9.17, 15) is 14.4 Å². The van der Waals surface area contributed by atoms with Crippen LogP contribution in [0.3, 0.4) is 0 Å². The first-order valence-electron chi connectivity index (χ1n) is 7.38. The Balaban J connectivity index is 2.23. The van der Waals surface area contributed by atoms with E-state index in [0.717, 1.165) is 4.57 Å². The average molecular weight is 342 g/mol. The van der Waals surface area contributed by atoms with Crippen LogP contribution in [0.4, 0.5) is 0 Å². The van der Waals surface area contributed by atoms with E-state index in [1.165, 1.54) is 6.20 Å². The average Bonchev–Trinajstić information content (AvgIpc) is 2.90. The maximum Gasteiger partial charge on any atom is 0.328 e. The Labute approximate surface area is 140 Å². The third kappa shape index (κ3) is 3.09. The molecular formula is C15H14N6O4. The van der Waals surface area contributed by atoms with Gasteiger partial charge >= 0.3 is 11.7 Å². The number of esters is 1. The molecule has 3 aromatic heterocycles. The van der Waals surface area contributed by atoms with Crippen LogP contribution < -0.4 is 11.4 Å². The summed E-state index contributed by atoms with van der Waals surface area (Å²) in [4.78, 5) is 50.6. The molecule has 0 saturated carbocycles. The van der Waals surface area contributed by atoms with E-state index in [1.54, 1.807) is 25.1 Å². The van der Waals surface area contributed by atoms with Crippen molar-refractivity contribution in [2.75, 3.05) is 6.61 Å². The maximum atomic E-state index is 12.2. The molecule has 0 aliphatic heterocycles. The van der Waals surface area contributed by atoms with Crippen molar-refractivity contribution in [3.63, 3.8) is 0 Å². The van der Waals surface area contributed by atoms with Gasteiger partial charge in [-0.25, -0.2) is 14.8 Å². The van der Waals surface area contributed by atoms with Crippen molar-refractivity contribution in [3.05, 3.63) is 40.6 Å². The summed E-state index contributed by atoms with van der Waals surface area (Å²) in [6, 6.07) is 5.08. The van der Waals surface area contributed by atoms with Crippen molar-refractivity contribution in [3.8, 4) is 11.5 Å². The summed E-state index contributed by atoms with van der Waals surface area (Å²) in [7, 11) is 0. The molecule has 0 saturated heterocycles. The number of imidazole rings is 1. The van der Waals surface area contributed by atoms with Crippen LogP contribution in [0, 0.1) is 0 Å². The van der Waals surface area contributed by atoms with E-state index < -0.39 is 17.6 Å². The van der Waals surface area contributed by atoms with Gasteiger partial charge in [-0.3, -0.25) is 19.1 Å². The van der Waals surface area contributed by atoms with Gasteiger partial charge in [-0.05, 0) is 19.1 Å². The number of carbonyl (C=O) groups is 2. The quantitative estimate of drug-likeness (QED) is 0.613. The molecule has 128 valence electrons. The van der Waals surface area contributed by atoms with Gasteiger partial charge in [-0.1, -0.05) is 6.07 Å². The molecule has 10 heteroatoms. The molecule has 1 amide bonds. The molecule has 0 radical (unpaired) electrons. The van der Waals surface area contributed by atoms with E-state index in [1.807, 2.05) is 0 Å². The minimum Gasteiger partial charge on any atom is -0.465 e. The number of aromatic amines is 1. The van der Waals surface area contributed by atoms with Crippen LogP contribution in [0.1, 0.15) is 17.4 Å². The van der Waals surface area contributed by atoms with Gasteiger partial charge in [-0.15, -0.1) is 0 Å². The predicted molar refractivity (Wildman–Crippen MR) is 86.5 cm³/mol. The molecule has 10 nitrogen and oxygen atoms in total. The largest absolute Gasteiger partial charge is 0.465 e. The summed E-state index contributed by atoms with van der Waals surface area (Å²) < 4.78 is 5.92. The molecular weight excluding hydrogens is 328 g/mol. The minimum atomic E-state index is -0.839. The van der Waals surface area contributed by atoms with Gasteiger partial charge in [0.05, 0.1) is 6.61 Å². The summed E-state index contributed by atoms with van der Waals surface area (Å²) in [5.41, 5.74) is 5.09. The highest BCUT2D eigenvalue weighted by molar-refractivity contribution is 6.01. The first-order chi connectivity index (χ1) is 12.0. The number of pyridine rings is 1. The summed E-state index contributed by atoms with van der Waals surface area (Å²) in [5.74, 6) is -1.34. The van der Waals surface area contributed by atoms with E-state index in [0.29, 0.717) is 5.69 Å². The summed E-state index contributed by atoms with van der Waals surface area (Å²) in [6.07, 6.45) is 1.54. The van der Waals surface area contributed by atoms with Gasteiger partial charge < -0.3 is 15.5 Å². The first-order valence-corrected chi connectivity index (χ1v) is 7.38. The number of carbonyl (C=O) groups excluding carboxylic acids is 2. The smallest absolute Gasteiger partial charge is 0.328 e. The lowest BCUT2D eigenvalue weighted by molar-refractivity contribution is -0.143. The van der Waals surface area contributed by atoms with Gasteiger partial charge in [0.2, 0.25) is 0 Å². The molecule has 3 rings (SSSR count). The van der Waals surface area contributed by atoms with E-state index in [-0.39, 0.29) is 35.8 Å². The Hall–Kier alpha value is -3.56. The Morgan fingerprint density at radius 2 is 2.12 bits per heavy atom. The molecule has 0 fully saturated rings. The van der Waals surface area contributed by atoms with Crippen LogP contribution in [0.25, 0.3) is 22.7 Å². The van der Waals surface area contributed by atoms with Crippen LogP contribution in [-0.2, 0) is 16.1 Å². The molecule has 3 heterocycles. The maximum absolute atomic E-state index is 12.2. The zero-order valence-electron chi connectivity index (χ0n) is 13.2. The highest BCUT2D eigenvalue weighted by atomic mass is 16.5. The normalized spacial score (nSPS) is 10.8. The third-order valence-corrected chi connectivity index (χ3v) is 3.34. The number of amides is 1. The van der Waals surface area contributed by atoms with Crippen molar-refractivity contribution in [1.82, 2.24) is 24.5 Å². The fraction of sp³-hybridized carbons (Fsp3) is 0.200. The highest BCUT2D eigenvalue weighted by Gasteiger charge is 2.21. The molecule has 3 N–H and O–H groups in total. The zero-order chi connectivity index (χ0) is 18.0. The summed E-state index contributed by atoms with van der Waals surface area (Å²) in [5, 5.41) is 0. The molecule has 0 unspecified atom stereocenters. The number of fused-ring (bicyclic) bond motifs is 1. The molecule has 25 heavy (non-hydrogen) atoms. The number of hydrogen-bond donors (Lipinski definition) is 2. The number of nitrogens with zero attached hydrogens (tertiary/aromatic N) is 4. The number of hydrogen-bond acceptors (Lipinski definition) is 7. The summed E-state index contributed by atoms with van der Waals surface area (Å²) in [6.45, 7) is 1.47. The predicted octanol–water partition coefficient (Wildman–Crippen LogP) is -0.156. The molecule has 0 aliphatic carbocycles. The van der Waals surface area contributed by atoms with Crippen LogP contribution >= 0.6 is 0 Å². The van der Waals surface area contributed by atoms with Crippen molar-refractivity contribution in [2.45, 2.75) is 13.5 Å². The number of nitrogens with one attached hydrogen (secondary N) is 1. The topological polar surface area (TPSA) is 146 Å². The van der Waals surface area contributed by atoms with E-state index in [4.69, 9.17) is 10.5 Å². The summed E-state index contributed by atoms with van der Waals surface area (Å²) >= 11 is 0. The van der Waals surface area contributed by atoms with Crippen molar-refractivity contribution < 1.29 is 14.3 Å². The Morgan fingerprint density at radius 1 is 1.32 bits per heavy atom. The number of aromatic nitrogens is 5. The van der Waals surface area contributed by atoms with Crippen LogP contribution in [0.5, 0.6) is 0 Å². The highest BCUT2D eigenvalue weighted by Crippen LogP contribution is 2.18. The minimum absolute atomic E-state index is 0.0569. The third-order valence-electron chi connectivity index (χ3n) is 3.34. The standard InChI is InChI=1S/C15H14N6O4/c1-2-25-9(22)7-21-14-11(19-15(21)24)10(12(16)23)18-13(20-14)8-5-3-4-6-17-8/h3-6H,2,7H2,1H3,(H2,16,23)(H,19,24). The second-order valence-corrected chi connectivity index (χ2v) is 4.99. The van der Waals surface area contributed by atoms with Gasteiger partial charge in [0.1, 0.15) is 17.8 Å². The van der Waals surface area contributed by atoms with Crippen molar-refractivity contribution in [2.24, 2.45) is 5.73 Å². The fourth-order valence-corrected chi connectivity index (χ4v) is 2.30. The van der Waals surface area contributed by atoms with Gasteiger partial charge in [0.15, 0.2) is 17.2 Å². The molecule has 0 aliphatic rings. The number of nitrogens with two attached hydrogens (primary N) is 1. The van der Waals surface area contributed by atoms with E-state index in [2.05, 4.69) is 19.9 Å². The molecule has 3 aromatic rings. The Bertz CT molecular complexity index is 1010. The molecule has 0 aromatic carbocycles. The number of H-pyrrole nitrogens is 1. The van der Waals surface area contributed by atoms with Crippen LogP contribution in [0.15, 0.2) is 29.2 Å². The lowest BCUT2D eigenvalue weighted by atomic mass is 10.3. The Kier molecular flexibility index (Phi) is 4.25. The molecule has 0 bridgehead atoms. The van der Waals surface area contributed by atoms with Crippen molar-refractivity contribution >= 4 is 23.0 Å². The lowest BCUT2D eigenvalue weighted by Crippen LogP contribution is -2.23. The van der Waals surface area contributed by atoms with Crippen LogP contribution in [-0.4, -0.2) is 43.0 Å². The van der Waals surface area contributed by atoms with Gasteiger partial charge in [0, 0.05) is 6.20 Å². The lowest BCUT2D eigenvalue weighted by Gasteiger charge is -2.05. The van der Waals surface area contributed by atoms with Gasteiger partial charge in [-0.2, -0.15) is 0 Å². The monoisotopic (exact) mass is 342 g/mol. The second kappa shape index (κ2) is 6.51.